The Balaban J connectivity index is 1.86. The zero-order valence-electron chi connectivity index (χ0n) is 13.1. The van der Waals surface area contributed by atoms with Crippen molar-refractivity contribution in [3.8, 4) is 0 Å². The molecule has 0 spiro atoms. The molecule has 19 heavy (non-hydrogen) atoms. The Morgan fingerprint density at radius 2 is 1.53 bits per heavy atom. The van der Waals surface area contributed by atoms with Crippen LogP contribution in [0.4, 0.5) is 0 Å². The van der Waals surface area contributed by atoms with Gasteiger partial charge in [-0.15, -0.1) is 5.73 Å². The average Bonchev–Trinajstić information content (AvgIpc) is 2.46. The average molecular weight is 262 g/mol. The van der Waals surface area contributed by atoms with Gasteiger partial charge in [0.15, 0.2) is 0 Å². The molecule has 0 saturated heterocycles. The standard InChI is InChI=1S/C19H34/c1-2-3-4-5-6-7-8-9-10-11-13-16-19-17-14-12-15-18-19/h6,8,19H,2-5,9-18H2,1H3. The van der Waals surface area contributed by atoms with Crippen molar-refractivity contribution in [2.75, 3.05) is 0 Å². The highest BCUT2D eigenvalue weighted by Crippen LogP contribution is 2.27. The summed E-state index contributed by atoms with van der Waals surface area (Å²) in [6.07, 6.45) is 24.2. The molecule has 0 bridgehead atoms. The number of rotatable bonds is 10. The Morgan fingerprint density at radius 1 is 0.842 bits per heavy atom. The van der Waals surface area contributed by atoms with Gasteiger partial charge in [0.05, 0.1) is 0 Å². The minimum atomic E-state index is 1.07. The molecule has 1 fully saturated rings. The van der Waals surface area contributed by atoms with E-state index in [1.807, 2.05) is 0 Å². The van der Waals surface area contributed by atoms with Crippen LogP contribution in [-0.2, 0) is 0 Å². The Kier molecular flexibility index (Phi) is 10.9. The molecule has 0 atom stereocenters. The third-order valence-electron chi connectivity index (χ3n) is 4.37. The lowest BCUT2D eigenvalue weighted by Gasteiger charge is -2.21. The summed E-state index contributed by atoms with van der Waals surface area (Å²) < 4.78 is 0. The molecule has 0 aromatic carbocycles. The van der Waals surface area contributed by atoms with Gasteiger partial charge in [-0.25, -0.2) is 0 Å². The lowest BCUT2D eigenvalue weighted by atomic mass is 9.85. The molecule has 0 amide bonds. The van der Waals surface area contributed by atoms with Crippen LogP contribution >= 0.6 is 0 Å². The second-order valence-corrected chi connectivity index (χ2v) is 6.21. The van der Waals surface area contributed by atoms with Crippen molar-refractivity contribution in [1.29, 1.82) is 0 Å². The van der Waals surface area contributed by atoms with Crippen molar-refractivity contribution in [3.05, 3.63) is 17.9 Å². The normalized spacial score (nSPS) is 16.1. The number of hydrogen-bond donors (Lipinski definition) is 0. The molecule has 0 aliphatic heterocycles. The van der Waals surface area contributed by atoms with E-state index in [1.54, 1.807) is 0 Å². The molecule has 110 valence electrons. The van der Waals surface area contributed by atoms with Crippen LogP contribution in [0.5, 0.6) is 0 Å². The van der Waals surface area contributed by atoms with Gasteiger partial charge in [-0.05, 0) is 43.8 Å². The Labute approximate surface area is 121 Å². The van der Waals surface area contributed by atoms with Gasteiger partial charge in [0, 0.05) is 0 Å². The first-order valence-corrected chi connectivity index (χ1v) is 8.83. The van der Waals surface area contributed by atoms with Crippen LogP contribution < -0.4 is 0 Å². The van der Waals surface area contributed by atoms with Crippen LogP contribution in [0.2, 0.25) is 0 Å². The second kappa shape index (κ2) is 12.5. The van der Waals surface area contributed by atoms with Gasteiger partial charge in [0.1, 0.15) is 0 Å². The molecule has 0 nitrogen and oxygen atoms in total. The summed E-state index contributed by atoms with van der Waals surface area (Å²) in [5.41, 5.74) is 3.33. The van der Waals surface area contributed by atoms with Crippen molar-refractivity contribution in [2.45, 2.75) is 96.8 Å². The zero-order valence-corrected chi connectivity index (χ0v) is 13.1. The van der Waals surface area contributed by atoms with Crippen LogP contribution in [0.15, 0.2) is 17.9 Å². The molecule has 1 aliphatic carbocycles. The van der Waals surface area contributed by atoms with Crippen molar-refractivity contribution in [1.82, 2.24) is 0 Å². The molecular formula is C19H34. The number of hydrogen-bond acceptors (Lipinski definition) is 0. The molecule has 0 aromatic heterocycles. The molecule has 1 aliphatic rings. The van der Waals surface area contributed by atoms with E-state index in [0.29, 0.717) is 0 Å². The van der Waals surface area contributed by atoms with Gasteiger partial charge >= 0.3 is 0 Å². The van der Waals surface area contributed by atoms with Gasteiger partial charge in [-0.2, -0.15) is 0 Å². The highest BCUT2D eigenvalue weighted by Gasteiger charge is 2.12. The first kappa shape index (κ1) is 16.6. The highest BCUT2D eigenvalue weighted by atomic mass is 14.2. The maximum Gasteiger partial charge on any atom is -0.0274 e. The predicted molar refractivity (Wildman–Crippen MR) is 86.5 cm³/mol. The zero-order chi connectivity index (χ0) is 13.6. The third-order valence-corrected chi connectivity index (χ3v) is 4.37. The summed E-state index contributed by atoms with van der Waals surface area (Å²) in [6.45, 7) is 2.26. The smallest absolute Gasteiger partial charge is 0.0274 e. The van der Waals surface area contributed by atoms with Crippen LogP contribution in [-0.4, -0.2) is 0 Å². The van der Waals surface area contributed by atoms with Gasteiger partial charge in [-0.1, -0.05) is 71.1 Å². The van der Waals surface area contributed by atoms with Crippen LogP contribution in [0.1, 0.15) is 96.8 Å². The Hall–Kier alpha value is -0.480. The van der Waals surface area contributed by atoms with Gasteiger partial charge in [0.25, 0.3) is 0 Å². The lowest BCUT2D eigenvalue weighted by molar-refractivity contribution is 0.329. The summed E-state index contributed by atoms with van der Waals surface area (Å²) in [4.78, 5) is 0. The van der Waals surface area contributed by atoms with Crippen molar-refractivity contribution < 1.29 is 0 Å². The van der Waals surface area contributed by atoms with E-state index in [4.69, 9.17) is 0 Å². The van der Waals surface area contributed by atoms with E-state index in [9.17, 15) is 0 Å². The molecule has 1 rings (SSSR count). The molecule has 0 unspecified atom stereocenters. The van der Waals surface area contributed by atoms with E-state index >= 15 is 0 Å². The molecule has 0 heteroatoms. The summed E-state index contributed by atoms with van der Waals surface area (Å²) >= 11 is 0. The van der Waals surface area contributed by atoms with Crippen molar-refractivity contribution >= 4 is 0 Å². The molecule has 0 heterocycles. The van der Waals surface area contributed by atoms with Crippen LogP contribution in [0.25, 0.3) is 0 Å². The van der Waals surface area contributed by atoms with E-state index in [1.165, 1.54) is 89.9 Å². The topological polar surface area (TPSA) is 0 Å². The summed E-state index contributed by atoms with van der Waals surface area (Å²) in [6, 6.07) is 0. The fourth-order valence-electron chi connectivity index (χ4n) is 3.08. The van der Waals surface area contributed by atoms with Crippen molar-refractivity contribution in [2.24, 2.45) is 5.92 Å². The first-order chi connectivity index (χ1) is 9.43. The fraction of sp³-hybridized carbons (Fsp3) is 0.842. The largest absolute Gasteiger partial charge is 0.130 e. The maximum atomic E-state index is 3.33. The summed E-state index contributed by atoms with van der Waals surface area (Å²) in [5, 5.41) is 0. The van der Waals surface area contributed by atoms with E-state index < -0.39 is 0 Å². The van der Waals surface area contributed by atoms with Crippen molar-refractivity contribution in [3.63, 3.8) is 0 Å². The number of unbranched alkanes of at least 4 members (excludes halogenated alkanes) is 6. The lowest BCUT2D eigenvalue weighted by Crippen LogP contribution is -2.05. The third kappa shape index (κ3) is 10.0. The van der Waals surface area contributed by atoms with E-state index in [0.717, 1.165) is 5.92 Å². The van der Waals surface area contributed by atoms with E-state index in [-0.39, 0.29) is 0 Å². The first-order valence-electron chi connectivity index (χ1n) is 8.83. The highest BCUT2D eigenvalue weighted by molar-refractivity contribution is 4.84. The second-order valence-electron chi connectivity index (χ2n) is 6.21. The number of allylic oxidation sites excluding steroid dienone is 1. The van der Waals surface area contributed by atoms with Crippen LogP contribution in [0, 0.1) is 5.92 Å². The SMILES string of the molecule is CCCCCC=C=CCCCCCC1CCCCC1. The molecule has 0 radical (unpaired) electrons. The quantitative estimate of drug-likeness (QED) is 0.300. The Morgan fingerprint density at radius 3 is 2.21 bits per heavy atom. The van der Waals surface area contributed by atoms with Gasteiger partial charge in [0.2, 0.25) is 0 Å². The molecule has 0 N–H and O–H groups in total. The predicted octanol–water partition coefficient (Wildman–Crippen LogP) is 6.81. The minimum Gasteiger partial charge on any atom is -0.130 e. The fourth-order valence-corrected chi connectivity index (χ4v) is 3.08. The monoisotopic (exact) mass is 262 g/mol. The van der Waals surface area contributed by atoms with Gasteiger partial charge < -0.3 is 0 Å². The molecule has 1 saturated carbocycles. The van der Waals surface area contributed by atoms with Gasteiger partial charge in [-0.3, -0.25) is 0 Å². The minimum absolute atomic E-state index is 1.07. The summed E-state index contributed by atoms with van der Waals surface area (Å²) in [5.74, 6) is 1.07. The van der Waals surface area contributed by atoms with Crippen LogP contribution in [0.3, 0.4) is 0 Å². The summed E-state index contributed by atoms with van der Waals surface area (Å²) in [7, 11) is 0. The van der Waals surface area contributed by atoms with E-state index in [2.05, 4.69) is 24.8 Å². The molecular weight excluding hydrogens is 228 g/mol. The molecule has 0 aromatic rings. The Bertz CT molecular complexity index is 239. The maximum absolute atomic E-state index is 3.33.